The molecule has 0 radical (unpaired) electrons. The van der Waals surface area contributed by atoms with Crippen LogP contribution in [0.4, 0.5) is 17.6 Å². The molecule has 0 bridgehead atoms. The molecule has 0 aliphatic heterocycles. The van der Waals surface area contributed by atoms with Crippen molar-refractivity contribution in [2.24, 2.45) is 0 Å². The highest BCUT2D eigenvalue weighted by molar-refractivity contribution is 5.28. The Morgan fingerprint density at radius 1 is 1.25 bits per heavy atom. The van der Waals surface area contributed by atoms with Gasteiger partial charge in [-0.3, -0.25) is 0 Å². The minimum Gasteiger partial charge on any atom is -0.379 e. The van der Waals surface area contributed by atoms with Crippen molar-refractivity contribution in [2.45, 2.75) is 32.5 Å². The summed E-state index contributed by atoms with van der Waals surface area (Å²) in [4.78, 5) is 0. The molecule has 1 N–H and O–H groups in total. The van der Waals surface area contributed by atoms with E-state index >= 15 is 0 Å². The molecule has 1 rings (SSSR count). The standard InChI is InChI=1S/C14H19F4NO/c1-3-7-20-9-13(19-4-2)10-5-6-11(12(15)8-10)14(16,17)18/h5-6,8,13,19H,3-4,7,9H2,1-2H3. The third kappa shape index (κ3) is 4.76. The number of rotatable bonds is 7. The molecule has 0 aromatic heterocycles. The van der Waals surface area contributed by atoms with Crippen LogP contribution in [-0.2, 0) is 10.9 Å². The predicted molar refractivity (Wildman–Crippen MR) is 68.9 cm³/mol. The molecular formula is C14H19F4NO. The first-order valence-electron chi connectivity index (χ1n) is 6.57. The summed E-state index contributed by atoms with van der Waals surface area (Å²) in [5, 5.41) is 3.07. The Morgan fingerprint density at radius 3 is 2.45 bits per heavy atom. The molecular weight excluding hydrogens is 274 g/mol. The summed E-state index contributed by atoms with van der Waals surface area (Å²) >= 11 is 0. The minimum atomic E-state index is -4.67. The Bertz CT molecular complexity index is 420. The molecule has 0 saturated heterocycles. The third-order valence-electron chi connectivity index (χ3n) is 2.78. The molecule has 1 aromatic rings. The van der Waals surface area contributed by atoms with Gasteiger partial charge in [-0.2, -0.15) is 13.2 Å². The summed E-state index contributed by atoms with van der Waals surface area (Å²) in [5.41, 5.74) is -0.792. The van der Waals surface area contributed by atoms with Gasteiger partial charge in [-0.1, -0.05) is 19.9 Å². The Balaban J connectivity index is 2.89. The van der Waals surface area contributed by atoms with Crippen molar-refractivity contribution in [1.29, 1.82) is 0 Å². The number of alkyl halides is 3. The molecule has 0 aliphatic carbocycles. The zero-order chi connectivity index (χ0) is 15.2. The topological polar surface area (TPSA) is 21.3 Å². The van der Waals surface area contributed by atoms with Crippen LogP contribution in [0.1, 0.15) is 37.4 Å². The lowest BCUT2D eigenvalue weighted by atomic mass is 10.0. The van der Waals surface area contributed by atoms with E-state index in [1.54, 1.807) is 0 Å². The SMILES string of the molecule is CCCOCC(NCC)c1ccc(C(F)(F)F)c(F)c1. The first-order chi connectivity index (χ1) is 9.40. The predicted octanol–water partition coefficient (Wildman–Crippen LogP) is 3.92. The number of halogens is 4. The van der Waals surface area contributed by atoms with Crippen molar-refractivity contribution < 1.29 is 22.3 Å². The van der Waals surface area contributed by atoms with Gasteiger partial charge in [-0.15, -0.1) is 0 Å². The van der Waals surface area contributed by atoms with E-state index in [4.69, 9.17) is 4.74 Å². The van der Waals surface area contributed by atoms with Gasteiger partial charge < -0.3 is 10.1 Å². The van der Waals surface area contributed by atoms with E-state index in [9.17, 15) is 17.6 Å². The summed E-state index contributed by atoms with van der Waals surface area (Å²) in [6.07, 6.45) is -3.82. The number of likely N-dealkylation sites (N-methyl/N-ethyl adjacent to an activating group) is 1. The van der Waals surface area contributed by atoms with Crippen LogP contribution in [0.25, 0.3) is 0 Å². The van der Waals surface area contributed by atoms with E-state index in [1.807, 2.05) is 13.8 Å². The van der Waals surface area contributed by atoms with E-state index < -0.39 is 17.6 Å². The second kappa shape index (κ2) is 7.59. The zero-order valence-corrected chi connectivity index (χ0v) is 11.6. The highest BCUT2D eigenvalue weighted by Gasteiger charge is 2.34. The minimum absolute atomic E-state index is 0.298. The molecule has 114 valence electrons. The Hall–Kier alpha value is -1.14. The van der Waals surface area contributed by atoms with E-state index in [0.717, 1.165) is 18.6 Å². The van der Waals surface area contributed by atoms with Gasteiger partial charge in [0.1, 0.15) is 5.82 Å². The lowest BCUT2D eigenvalue weighted by Gasteiger charge is -2.19. The van der Waals surface area contributed by atoms with Gasteiger partial charge in [-0.25, -0.2) is 4.39 Å². The van der Waals surface area contributed by atoms with Crippen molar-refractivity contribution in [3.8, 4) is 0 Å². The molecule has 0 saturated carbocycles. The van der Waals surface area contributed by atoms with Gasteiger partial charge in [0, 0.05) is 6.61 Å². The first kappa shape index (κ1) is 16.9. The van der Waals surface area contributed by atoms with Crippen LogP contribution < -0.4 is 5.32 Å². The molecule has 1 unspecified atom stereocenters. The maximum absolute atomic E-state index is 13.5. The molecule has 6 heteroatoms. The molecule has 2 nitrogen and oxygen atoms in total. The molecule has 0 heterocycles. The van der Waals surface area contributed by atoms with Crippen LogP contribution in [0.3, 0.4) is 0 Å². The fraction of sp³-hybridized carbons (Fsp3) is 0.571. The van der Waals surface area contributed by atoms with Gasteiger partial charge >= 0.3 is 6.18 Å². The number of hydrogen-bond donors (Lipinski definition) is 1. The highest BCUT2D eigenvalue weighted by atomic mass is 19.4. The van der Waals surface area contributed by atoms with Crippen molar-refractivity contribution in [1.82, 2.24) is 5.32 Å². The summed E-state index contributed by atoms with van der Waals surface area (Å²) < 4.78 is 56.4. The van der Waals surface area contributed by atoms with E-state index in [0.29, 0.717) is 25.3 Å². The number of nitrogens with one attached hydrogen (secondary N) is 1. The fourth-order valence-corrected chi connectivity index (χ4v) is 1.84. The molecule has 1 atom stereocenters. The normalized spacial score (nSPS) is 13.5. The van der Waals surface area contributed by atoms with Crippen molar-refractivity contribution in [3.05, 3.63) is 35.1 Å². The zero-order valence-electron chi connectivity index (χ0n) is 11.6. The lowest BCUT2D eigenvalue weighted by molar-refractivity contribution is -0.140. The molecule has 20 heavy (non-hydrogen) atoms. The molecule has 0 amide bonds. The van der Waals surface area contributed by atoms with Gasteiger partial charge in [0.25, 0.3) is 0 Å². The van der Waals surface area contributed by atoms with Crippen LogP contribution in [0, 0.1) is 5.82 Å². The van der Waals surface area contributed by atoms with Crippen LogP contribution >= 0.6 is 0 Å². The summed E-state index contributed by atoms with van der Waals surface area (Å²) in [7, 11) is 0. The molecule has 1 aromatic carbocycles. The number of ether oxygens (including phenoxy) is 1. The Kier molecular flexibility index (Phi) is 6.42. The monoisotopic (exact) mass is 293 g/mol. The second-order valence-electron chi connectivity index (χ2n) is 4.42. The average Bonchev–Trinajstić information content (AvgIpc) is 2.36. The van der Waals surface area contributed by atoms with Gasteiger partial charge in [0.2, 0.25) is 0 Å². The van der Waals surface area contributed by atoms with Gasteiger partial charge in [0.15, 0.2) is 0 Å². The first-order valence-corrected chi connectivity index (χ1v) is 6.57. The van der Waals surface area contributed by atoms with E-state index in [1.165, 1.54) is 6.07 Å². The number of benzene rings is 1. The quantitative estimate of drug-likeness (QED) is 0.607. The van der Waals surface area contributed by atoms with E-state index in [-0.39, 0.29) is 6.04 Å². The van der Waals surface area contributed by atoms with Crippen LogP contribution in [-0.4, -0.2) is 19.8 Å². The van der Waals surface area contributed by atoms with Crippen LogP contribution in [0.15, 0.2) is 18.2 Å². The van der Waals surface area contributed by atoms with Crippen molar-refractivity contribution >= 4 is 0 Å². The van der Waals surface area contributed by atoms with Crippen molar-refractivity contribution in [2.75, 3.05) is 19.8 Å². The van der Waals surface area contributed by atoms with Gasteiger partial charge in [-0.05, 0) is 30.7 Å². The summed E-state index contributed by atoms with van der Waals surface area (Å²) in [5.74, 6) is -1.26. The lowest BCUT2D eigenvalue weighted by Crippen LogP contribution is -2.26. The summed E-state index contributed by atoms with van der Waals surface area (Å²) in [6.45, 7) is 5.30. The summed E-state index contributed by atoms with van der Waals surface area (Å²) in [6, 6.07) is 2.66. The van der Waals surface area contributed by atoms with E-state index in [2.05, 4.69) is 5.32 Å². The second-order valence-corrected chi connectivity index (χ2v) is 4.42. The maximum Gasteiger partial charge on any atom is 0.419 e. The smallest absolute Gasteiger partial charge is 0.379 e. The third-order valence-corrected chi connectivity index (χ3v) is 2.78. The van der Waals surface area contributed by atoms with Crippen LogP contribution in [0.2, 0.25) is 0 Å². The molecule has 0 aliphatic rings. The van der Waals surface area contributed by atoms with Crippen molar-refractivity contribution in [3.63, 3.8) is 0 Å². The van der Waals surface area contributed by atoms with Crippen LogP contribution in [0.5, 0.6) is 0 Å². The Labute approximate surface area is 116 Å². The maximum atomic E-state index is 13.5. The fourth-order valence-electron chi connectivity index (χ4n) is 1.84. The number of hydrogen-bond acceptors (Lipinski definition) is 2. The van der Waals surface area contributed by atoms with Gasteiger partial charge in [0.05, 0.1) is 18.2 Å². The Morgan fingerprint density at radius 2 is 1.95 bits per heavy atom. The molecule has 0 spiro atoms. The molecule has 0 fully saturated rings. The average molecular weight is 293 g/mol. The largest absolute Gasteiger partial charge is 0.419 e. The highest BCUT2D eigenvalue weighted by Crippen LogP contribution is 2.32.